The molecule has 42 heavy (non-hydrogen) atoms. The Morgan fingerprint density at radius 3 is 2.31 bits per heavy atom. The summed E-state index contributed by atoms with van der Waals surface area (Å²) in [6, 6.07) is 9.15. The van der Waals surface area contributed by atoms with Crippen molar-refractivity contribution in [3.8, 4) is 11.5 Å². The molecule has 1 aliphatic heterocycles. The molecule has 4 amide bonds. The van der Waals surface area contributed by atoms with E-state index in [2.05, 4.69) is 0 Å². The van der Waals surface area contributed by atoms with Crippen molar-refractivity contribution in [3.05, 3.63) is 97.0 Å². The number of anilines is 1. The summed E-state index contributed by atoms with van der Waals surface area (Å²) >= 11 is 12.4. The van der Waals surface area contributed by atoms with Gasteiger partial charge >= 0.3 is 12.2 Å². The van der Waals surface area contributed by atoms with Gasteiger partial charge in [0.1, 0.15) is 12.2 Å². The number of hydrogen-bond donors (Lipinski definition) is 1. The van der Waals surface area contributed by atoms with Crippen molar-refractivity contribution in [1.29, 1.82) is 0 Å². The van der Waals surface area contributed by atoms with Crippen LogP contribution in [0.1, 0.15) is 23.6 Å². The van der Waals surface area contributed by atoms with Crippen LogP contribution in [0, 0.1) is 10.1 Å². The third-order valence-electron chi connectivity index (χ3n) is 5.79. The number of alkyl halides is 3. The lowest BCUT2D eigenvalue weighted by Crippen LogP contribution is -2.54. The van der Waals surface area contributed by atoms with Gasteiger partial charge in [-0.1, -0.05) is 23.2 Å². The fourth-order valence-electron chi connectivity index (χ4n) is 3.85. The van der Waals surface area contributed by atoms with Gasteiger partial charge in [-0.05, 0) is 66.6 Å². The Labute approximate surface area is 245 Å². The van der Waals surface area contributed by atoms with Gasteiger partial charge in [0.15, 0.2) is 11.5 Å². The van der Waals surface area contributed by atoms with Gasteiger partial charge in [-0.25, -0.2) is 9.69 Å². The van der Waals surface area contributed by atoms with Crippen LogP contribution >= 0.6 is 23.2 Å². The van der Waals surface area contributed by atoms with Crippen LogP contribution < -0.4 is 19.7 Å². The van der Waals surface area contributed by atoms with Gasteiger partial charge in [-0.15, -0.1) is 0 Å². The molecule has 1 fully saturated rings. The molecule has 1 aliphatic rings. The van der Waals surface area contributed by atoms with E-state index in [4.69, 9.17) is 32.7 Å². The maximum Gasteiger partial charge on any atom is 0.416 e. The molecule has 0 aromatic heterocycles. The van der Waals surface area contributed by atoms with Gasteiger partial charge < -0.3 is 9.47 Å². The molecule has 3 aromatic carbocycles. The first kappa shape index (κ1) is 30.3. The number of ether oxygens (including phenoxy) is 2. The highest BCUT2D eigenvalue weighted by atomic mass is 35.5. The van der Waals surface area contributed by atoms with Crippen molar-refractivity contribution in [1.82, 2.24) is 5.32 Å². The van der Waals surface area contributed by atoms with Gasteiger partial charge in [0.25, 0.3) is 17.5 Å². The third-order valence-corrected chi connectivity index (χ3v) is 6.39. The number of amides is 4. The number of imide groups is 2. The largest absolute Gasteiger partial charge is 0.490 e. The Hall–Kier alpha value is -4.62. The Balaban J connectivity index is 1.67. The van der Waals surface area contributed by atoms with Crippen LogP contribution in [0.5, 0.6) is 11.5 Å². The highest BCUT2D eigenvalue weighted by Gasteiger charge is 2.39. The molecule has 0 radical (unpaired) electrons. The molecule has 0 bridgehead atoms. The molecule has 10 nitrogen and oxygen atoms in total. The van der Waals surface area contributed by atoms with Crippen molar-refractivity contribution in [2.45, 2.75) is 19.7 Å². The second kappa shape index (κ2) is 12.1. The topological polar surface area (TPSA) is 128 Å². The molecule has 0 saturated carbocycles. The minimum absolute atomic E-state index is 0.00670. The van der Waals surface area contributed by atoms with E-state index in [-0.39, 0.29) is 46.0 Å². The third kappa shape index (κ3) is 6.47. The van der Waals surface area contributed by atoms with E-state index in [0.717, 1.165) is 12.1 Å². The standard InChI is InChI=1S/C27H18Cl2F3N3O7/c1-2-41-22-11-15(10-20(29)23(22)42-13-14-3-6-17(7-4-14)35(39)40)9-18-24(36)33-26(38)34(25(18)37)21-12-16(27(30,31)32)5-8-19(21)28/h3-12H,2,13H2,1H3,(H,33,36,38)/b18-9-. The molecule has 3 aromatic rings. The number of carbonyl (C=O) groups is 3. The Morgan fingerprint density at radius 1 is 1.00 bits per heavy atom. The summed E-state index contributed by atoms with van der Waals surface area (Å²) in [5.74, 6) is -2.10. The highest BCUT2D eigenvalue weighted by Crippen LogP contribution is 2.39. The van der Waals surface area contributed by atoms with E-state index in [1.807, 2.05) is 5.32 Å². The van der Waals surface area contributed by atoms with Crippen LogP contribution in [0.2, 0.25) is 10.0 Å². The summed E-state index contributed by atoms with van der Waals surface area (Å²) in [5.41, 5.74) is -1.68. The number of benzene rings is 3. The lowest BCUT2D eigenvalue weighted by Gasteiger charge is -2.27. The van der Waals surface area contributed by atoms with Gasteiger partial charge in [0.05, 0.1) is 32.8 Å². The van der Waals surface area contributed by atoms with E-state index in [1.165, 1.54) is 36.4 Å². The predicted octanol–water partition coefficient (Wildman–Crippen LogP) is 6.56. The Kier molecular flexibility index (Phi) is 8.73. The number of barbiturate groups is 1. The zero-order chi connectivity index (χ0) is 30.8. The molecule has 1 saturated heterocycles. The van der Waals surface area contributed by atoms with Crippen LogP contribution in [0.15, 0.2) is 60.2 Å². The lowest BCUT2D eigenvalue weighted by molar-refractivity contribution is -0.384. The van der Waals surface area contributed by atoms with Gasteiger partial charge in [-0.3, -0.25) is 25.0 Å². The number of carbonyl (C=O) groups excluding carboxylic acids is 3. The van der Waals surface area contributed by atoms with Crippen molar-refractivity contribution in [2.24, 2.45) is 0 Å². The van der Waals surface area contributed by atoms with Gasteiger partial charge in [0.2, 0.25) is 0 Å². The van der Waals surface area contributed by atoms with Gasteiger partial charge in [0, 0.05) is 12.1 Å². The second-order valence-electron chi connectivity index (χ2n) is 8.60. The minimum Gasteiger partial charge on any atom is -0.490 e. The van der Waals surface area contributed by atoms with Crippen LogP contribution in [0.4, 0.5) is 29.3 Å². The van der Waals surface area contributed by atoms with E-state index < -0.39 is 45.8 Å². The highest BCUT2D eigenvalue weighted by molar-refractivity contribution is 6.42. The number of nitro groups is 1. The second-order valence-corrected chi connectivity index (χ2v) is 9.41. The number of hydrogen-bond acceptors (Lipinski definition) is 7. The van der Waals surface area contributed by atoms with Crippen LogP contribution in [-0.4, -0.2) is 29.4 Å². The van der Waals surface area contributed by atoms with Crippen LogP contribution in [-0.2, 0) is 22.4 Å². The van der Waals surface area contributed by atoms with Crippen LogP contribution in [0.25, 0.3) is 6.08 Å². The summed E-state index contributed by atoms with van der Waals surface area (Å²) in [5, 5.41) is 12.4. The predicted molar refractivity (Wildman–Crippen MR) is 146 cm³/mol. The van der Waals surface area contributed by atoms with E-state index in [0.29, 0.717) is 22.6 Å². The number of non-ortho nitro benzene ring substituents is 1. The first-order chi connectivity index (χ1) is 19.8. The summed E-state index contributed by atoms with van der Waals surface area (Å²) < 4.78 is 51.2. The molecule has 1 N–H and O–H groups in total. The monoisotopic (exact) mass is 623 g/mol. The lowest BCUT2D eigenvalue weighted by atomic mass is 10.1. The quantitative estimate of drug-likeness (QED) is 0.130. The molecule has 4 rings (SSSR count). The summed E-state index contributed by atoms with van der Waals surface area (Å²) in [6.45, 7) is 1.81. The summed E-state index contributed by atoms with van der Waals surface area (Å²) in [6.07, 6.45) is -3.72. The fraction of sp³-hybridized carbons (Fsp3) is 0.148. The summed E-state index contributed by atoms with van der Waals surface area (Å²) in [4.78, 5) is 49.0. The zero-order valence-electron chi connectivity index (χ0n) is 21.3. The number of rotatable bonds is 8. The first-order valence-corrected chi connectivity index (χ1v) is 12.7. The van der Waals surface area contributed by atoms with E-state index in [1.54, 1.807) is 6.92 Å². The summed E-state index contributed by atoms with van der Waals surface area (Å²) in [7, 11) is 0. The van der Waals surface area contributed by atoms with Crippen LogP contribution in [0.3, 0.4) is 0 Å². The van der Waals surface area contributed by atoms with Gasteiger partial charge in [-0.2, -0.15) is 13.2 Å². The Morgan fingerprint density at radius 2 is 1.69 bits per heavy atom. The molecule has 0 aliphatic carbocycles. The SMILES string of the molecule is CCOc1cc(/C=C2/C(=O)NC(=O)N(c3cc(C(F)(F)F)ccc3Cl)C2=O)cc(Cl)c1OCc1ccc([N+](=O)[O-])cc1. The average Bonchev–Trinajstić information content (AvgIpc) is 2.91. The smallest absolute Gasteiger partial charge is 0.416 e. The maximum atomic E-state index is 13.3. The molecular weight excluding hydrogens is 606 g/mol. The van der Waals surface area contributed by atoms with Crippen molar-refractivity contribution >= 4 is 58.5 Å². The molecule has 1 heterocycles. The molecule has 0 unspecified atom stereocenters. The first-order valence-electron chi connectivity index (χ1n) is 11.9. The maximum absolute atomic E-state index is 13.3. The minimum atomic E-state index is -4.79. The van der Waals surface area contributed by atoms with Crippen molar-refractivity contribution in [3.63, 3.8) is 0 Å². The fourth-order valence-corrected chi connectivity index (χ4v) is 4.32. The average molecular weight is 624 g/mol. The molecule has 0 spiro atoms. The normalized spacial score (nSPS) is 14.7. The number of nitrogens with one attached hydrogen (secondary N) is 1. The molecular formula is C27H18Cl2F3N3O7. The van der Waals surface area contributed by atoms with Crippen molar-refractivity contribution in [2.75, 3.05) is 11.5 Å². The molecule has 15 heteroatoms. The number of nitro benzene ring substituents is 1. The number of nitrogens with zero attached hydrogens (tertiary/aromatic N) is 2. The molecule has 218 valence electrons. The van der Waals surface area contributed by atoms with E-state index in [9.17, 15) is 37.7 Å². The number of halogens is 5. The van der Waals surface area contributed by atoms with Crippen molar-refractivity contribution < 1.29 is 42.0 Å². The molecule has 0 atom stereocenters. The zero-order valence-corrected chi connectivity index (χ0v) is 22.8. The number of urea groups is 1. The van der Waals surface area contributed by atoms with E-state index >= 15 is 0 Å². The Bertz CT molecular complexity index is 1630.